The third-order valence-electron chi connectivity index (χ3n) is 2.76. The molecule has 2 nitrogen and oxygen atoms in total. The van der Waals surface area contributed by atoms with E-state index in [2.05, 4.69) is 0 Å². The molecule has 0 aliphatic carbocycles. The molecule has 18 heavy (non-hydrogen) atoms. The number of hydrogen-bond acceptors (Lipinski definition) is 2. The molecule has 0 spiro atoms. The van der Waals surface area contributed by atoms with Gasteiger partial charge in [-0.3, -0.25) is 4.79 Å². The lowest BCUT2D eigenvalue weighted by Crippen LogP contribution is -2.03. The van der Waals surface area contributed by atoms with E-state index in [1.165, 1.54) is 0 Å². The number of benzene rings is 2. The molecule has 0 aliphatic heterocycles. The molecular formula is C15H13ClO2. The van der Waals surface area contributed by atoms with Gasteiger partial charge in [0.05, 0.1) is 11.4 Å². The number of carbonyl (C=O) groups excluding carboxylic acids is 1. The van der Waals surface area contributed by atoms with Gasteiger partial charge in [0.25, 0.3) is 0 Å². The molecule has 2 aromatic rings. The minimum Gasteiger partial charge on any atom is -0.507 e. The second kappa shape index (κ2) is 5.23. The van der Waals surface area contributed by atoms with E-state index in [1.807, 2.05) is 13.0 Å². The van der Waals surface area contributed by atoms with E-state index in [1.54, 1.807) is 36.4 Å². The topological polar surface area (TPSA) is 37.3 Å². The monoisotopic (exact) mass is 260 g/mol. The fraction of sp³-hybridized carbons (Fsp3) is 0.133. The average molecular weight is 261 g/mol. The van der Waals surface area contributed by atoms with Crippen LogP contribution in [0.15, 0.2) is 42.5 Å². The smallest absolute Gasteiger partial charge is 0.196 e. The molecule has 0 fully saturated rings. The molecule has 92 valence electrons. The molecular weight excluding hydrogens is 248 g/mol. The molecule has 0 aliphatic rings. The third-order valence-corrected chi connectivity index (χ3v) is 3.05. The number of phenolic OH excluding ortho intramolecular Hbond substituents is 1. The highest BCUT2D eigenvalue weighted by Crippen LogP contribution is 2.28. The van der Waals surface area contributed by atoms with Crippen molar-refractivity contribution in [3.63, 3.8) is 0 Å². The predicted molar refractivity (Wildman–Crippen MR) is 72.3 cm³/mol. The number of alkyl halides is 1. The van der Waals surface area contributed by atoms with Crippen molar-refractivity contribution in [1.82, 2.24) is 0 Å². The highest BCUT2D eigenvalue weighted by atomic mass is 35.5. The van der Waals surface area contributed by atoms with Gasteiger partial charge in [-0.25, -0.2) is 0 Å². The number of phenols is 1. The minimum atomic E-state index is -0.192. The zero-order chi connectivity index (χ0) is 13.1. The molecule has 0 saturated heterocycles. The number of rotatable bonds is 3. The highest BCUT2D eigenvalue weighted by molar-refractivity contribution is 6.17. The number of hydrogen-bond donors (Lipinski definition) is 1. The van der Waals surface area contributed by atoms with Crippen LogP contribution in [0.25, 0.3) is 0 Å². The maximum atomic E-state index is 12.3. The van der Waals surface area contributed by atoms with Crippen molar-refractivity contribution in [3.05, 3.63) is 64.7 Å². The second-order valence-corrected chi connectivity index (χ2v) is 4.42. The van der Waals surface area contributed by atoms with Crippen LogP contribution in [0, 0.1) is 6.92 Å². The lowest BCUT2D eigenvalue weighted by atomic mass is 9.98. The van der Waals surface area contributed by atoms with Gasteiger partial charge in [-0.2, -0.15) is 0 Å². The Bertz CT molecular complexity index is 577. The number of halogens is 1. The molecule has 1 N–H and O–H groups in total. The summed E-state index contributed by atoms with van der Waals surface area (Å²) in [6.07, 6.45) is 0. The van der Waals surface area contributed by atoms with E-state index in [4.69, 9.17) is 11.6 Å². The Hall–Kier alpha value is -1.80. The van der Waals surface area contributed by atoms with Crippen LogP contribution in [0.4, 0.5) is 0 Å². The largest absolute Gasteiger partial charge is 0.507 e. The fourth-order valence-electron chi connectivity index (χ4n) is 1.87. The summed E-state index contributed by atoms with van der Waals surface area (Å²) in [5.74, 6) is -0.0320. The summed E-state index contributed by atoms with van der Waals surface area (Å²) in [4.78, 5) is 12.3. The molecule has 2 rings (SSSR count). The third kappa shape index (κ3) is 2.39. The quantitative estimate of drug-likeness (QED) is 0.675. The molecule has 0 atom stereocenters. The van der Waals surface area contributed by atoms with Crippen molar-refractivity contribution in [1.29, 1.82) is 0 Å². The maximum absolute atomic E-state index is 12.3. The Morgan fingerprint density at radius 2 is 1.89 bits per heavy atom. The Labute approximate surface area is 111 Å². The van der Waals surface area contributed by atoms with E-state index in [0.29, 0.717) is 16.7 Å². The van der Waals surface area contributed by atoms with Crippen LogP contribution in [0.5, 0.6) is 5.75 Å². The SMILES string of the molecule is Cc1cc(CCl)c(O)c(C(=O)c2ccccc2)c1. The van der Waals surface area contributed by atoms with Crippen LogP contribution in [0.2, 0.25) is 0 Å². The van der Waals surface area contributed by atoms with Crippen molar-refractivity contribution in [3.8, 4) is 5.75 Å². The Morgan fingerprint density at radius 3 is 2.50 bits per heavy atom. The van der Waals surface area contributed by atoms with Gasteiger partial charge in [0.2, 0.25) is 0 Å². The van der Waals surface area contributed by atoms with Crippen LogP contribution in [0.1, 0.15) is 27.0 Å². The molecule has 0 unspecified atom stereocenters. The zero-order valence-electron chi connectivity index (χ0n) is 9.98. The molecule has 0 saturated carbocycles. The lowest BCUT2D eigenvalue weighted by Gasteiger charge is -2.09. The molecule has 0 aromatic heterocycles. The lowest BCUT2D eigenvalue weighted by molar-refractivity contribution is 0.103. The van der Waals surface area contributed by atoms with Gasteiger partial charge in [0.15, 0.2) is 5.78 Å². The first-order chi connectivity index (χ1) is 8.63. The fourth-order valence-corrected chi connectivity index (χ4v) is 2.08. The summed E-state index contributed by atoms with van der Waals surface area (Å²) in [6.45, 7) is 1.87. The highest BCUT2D eigenvalue weighted by Gasteiger charge is 2.16. The number of carbonyl (C=O) groups is 1. The van der Waals surface area contributed by atoms with E-state index >= 15 is 0 Å². The molecule has 0 heterocycles. The first-order valence-electron chi connectivity index (χ1n) is 5.61. The number of aryl methyl sites for hydroxylation is 1. The van der Waals surface area contributed by atoms with Crippen LogP contribution in [-0.4, -0.2) is 10.9 Å². The second-order valence-electron chi connectivity index (χ2n) is 4.15. The molecule has 3 heteroatoms. The van der Waals surface area contributed by atoms with Crippen molar-refractivity contribution >= 4 is 17.4 Å². The van der Waals surface area contributed by atoms with E-state index < -0.39 is 0 Å². The summed E-state index contributed by atoms with van der Waals surface area (Å²) in [7, 11) is 0. The standard InChI is InChI=1S/C15H13ClO2/c1-10-7-12(9-16)15(18)13(8-10)14(17)11-5-3-2-4-6-11/h2-8,18H,9H2,1H3. The first kappa shape index (κ1) is 12.7. The summed E-state index contributed by atoms with van der Waals surface area (Å²) in [5, 5.41) is 10.0. The maximum Gasteiger partial charge on any atom is 0.196 e. The van der Waals surface area contributed by atoms with Gasteiger partial charge in [0, 0.05) is 11.1 Å². The van der Waals surface area contributed by atoms with Gasteiger partial charge in [-0.15, -0.1) is 11.6 Å². The normalized spacial score (nSPS) is 10.3. The summed E-state index contributed by atoms with van der Waals surface area (Å²) in [6, 6.07) is 12.3. The predicted octanol–water partition coefficient (Wildman–Crippen LogP) is 3.67. The van der Waals surface area contributed by atoms with Crippen molar-refractivity contribution in [2.75, 3.05) is 0 Å². The summed E-state index contributed by atoms with van der Waals surface area (Å²) < 4.78 is 0. The number of ketones is 1. The van der Waals surface area contributed by atoms with Gasteiger partial charge in [-0.05, 0) is 18.6 Å². The van der Waals surface area contributed by atoms with Gasteiger partial charge < -0.3 is 5.11 Å². The van der Waals surface area contributed by atoms with E-state index in [0.717, 1.165) is 5.56 Å². The molecule has 2 aromatic carbocycles. The van der Waals surface area contributed by atoms with Gasteiger partial charge >= 0.3 is 0 Å². The first-order valence-corrected chi connectivity index (χ1v) is 6.15. The van der Waals surface area contributed by atoms with Crippen molar-refractivity contribution < 1.29 is 9.90 Å². The summed E-state index contributed by atoms with van der Waals surface area (Å²) >= 11 is 5.76. The van der Waals surface area contributed by atoms with Crippen LogP contribution >= 0.6 is 11.6 Å². The van der Waals surface area contributed by atoms with Crippen LogP contribution in [-0.2, 0) is 5.88 Å². The van der Waals surface area contributed by atoms with Crippen LogP contribution < -0.4 is 0 Å². The van der Waals surface area contributed by atoms with Crippen molar-refractivity contribution in [2.24, 2.45) is 0 Å². The average Bonchev–Trinajstić information content (AvgIpc) is 2.41. The Morgan fingerprint density at radius 1 is 1.22 bits per heavy atom. The number of aromatic hydroxyl groups is 1. The van der Waals surface area contributed by atoms with Crippen molar-refractivity contribution in [2.45, 2.75) is 12.8 Å². The minimum absolute atomic E-state index is 0.0237. The van der Waals surface area contributed by atoms with Gasteiger partial charge in [-0.1, -0.05) is 36.4 Å². The Kier molecular flexibility index (Phi) is 3.68. The molecule has 0 radical (unpaired) electrons. The zero-order valence-corrected chi connectivity index (χ0v) is 10.7. The molecule has 0 amide bonds. The summed E-state index contributed by atoms with van der Waals surface area (Å²) in [5.41, 5.74) is 2.34. The Balaban J connectivity index is 2.52. The van der Waals surface area contributed by atoms with E-state index in [9.17, 15) is 9.90 Å². The van der Waals surface area contributed by atoms with Crippen LogP contribution in [0.3, 0.4) is 0 Å². The van der Waals surface area contributed by atoms with Gasteiger partial charge in [0.1, 0.15) is 5.75 Å². The molecule has 0 bridgehead atoms. The van der Waals surface area contributed by atoms with E-state index in [-0.39, 0.29) is 17.4 Å².